The Balaban J connectivity index is 3.50. The lowest BCUT2D eigenvalue weighted by Gasteiger charge is -2.23. The number of hydrogen-bond donors (Lipinski definition) is 0. The molecule has 22 heavy (non-hydrogen) atoms. The molecule has 1 rings (SSSR count). The van der Waals surface area contributed by atoms with E-state index in [1.54, 1.807) is 0 Å². The zero-order valence-electron chi connectivity index (χ0n) is 11.9. The molecule has 0 bridgehead atoms. The second kappa shape index (κ2) is 6.67. The molecule has 0 saturated heterocycles. The van der Waals surface area contributed by atoms with Crippen molar-refractivity contribution in [1.82, 2.24) is 0 Å². The van der Waals surface area contributed by atoms with Crippen molar-refractivity contribution >= 4 is 11.6 Å². The van der Waals surface area contributed by atoms with Crippen LogP contribution < -0.4 is 0 Å². The number of nitro groups is 1. The summed E-state index contributed by atoms with van der Waals surface area (Å²) in [7, 11) is 0. The lowest BCUT2D eigenvalue weighted by atomic mass is 9.79. The van der Waals surface area contributed by atoms with Gasteiger partial charge in [-0.15, -0.1) is 0 Å². The van der Waals surface area contributed by atoms with Crippen molar-refractivity contribution in [1.29, 1.82) is 0 Å². The molecular formula is C14H14F3NO4. The number of benzene rings is 1. The average molecular weight is 317 g/mol. The number of rotatable bonds is 6. The molecule has 0 unspecified atom stereocenters. The van der Waals surface area contributed by atoms with E-state index in [4.69, 9.17) is 0 Å². The van der Waals surface area contributed by atoms with Gasteiger partial charge in [0.2, 0.25) is 6.54 Å². The van der Waals surface area contributed by atoms with Crippen molar-refractivity contribution < 1.29 is 27.7 Å². The smallest absolute Gasteiger partial charge is 0.299 e. The molecule has 0 spiro atoms. The molecule has 0 aromatic heterocycles. The molecule has 0 heterocycles. The summed E-state index contributed by atoms with van der Waals surface area (Å²) in [4.78, 5) is 33.2. The number of alkyl halides is 3. The summed E-state index contributed by atoms with van der Waals surface area (Å²) in [5.41, 5.74) is -1.49. The van der Waals surface area contributed by atoms with Crippen molar-refractivity contribution in [3.8, 4) is 0 Å². The maximum absolute atomic E-state index is 13.1. The molecule has 0 N–H and O–H groups in total. The number of nitrogens with zero attached hydrogens (tertiary/aromatic N) is 1. The Labute approximate surface area is 124 Å². The number of Topliss-reactive ketones (excluding diaryl/α,β-unsaturated/α-hetero) is 2. The van der Waals surface area contributed by atoms with Gasteiger partial charge >= 0.3 is 6.18 Å². The molecule has 0 aliphatic heterocycles. The summed E-state index contributed by atoms with van der Waals surface area (Å²) in [6, 6.07) is 4.27. The third-order valence-electron chi connectivity index (χ3n) is 3.29. The zero-order valence-corrected chi connectivity index (χ0v) is 11.9. The predicted octanol–water partition coefficient (Wildman–Crippen LogP) is 2.86. The minimum absolute atomic E-state index is 0.415. The second-order valence-electron chi connectivity index (χ2n) is 4.91. The summed E-state index contributed by atoms with van der Waals surface area (Å²) in [5.74, 6) is -4.33. The standard InChI is InChI=1S/C14H14F3NO4/c1-8(19)13(9(2)20)11(7-18(21)22)10-5-3-4-6-12(10)14(15,16)17/h3-6,11,13H,7H2,1-2H3/t11-/m0/s1. The van der Waals surface area contributed by atoms with Crippen LogP contribution in [-0.2, 0) is 15.8 Å². The van der Waals surface area contributed by atoms with Crippen molar-refractivity contribution in [2.45, 2.75) is 25.9 Å². The SMILES string of the molecule is CC(=O)C(C(C)=O)[C@@H](C[N+](=O)[O-])c1ccccc1C(F)(F)F. The molecule has 1 aromatic rings. The van der Waals surface area contributed by atoms with Gasteiger partial charge in [0.05, 0.1) is 17.4 Å². The highest BCUT2D eigenvalue weighted by atomic mass is 19.4. The highest BCUT2D eigenvalue weighted by molar-refractivity contribution is 6.01. The molecule has 5 nitrogen and oxygen atoms in total. The predicted molar refractivity (Wildman–Crippen MR) is 70.9 cm³/mol. The molecule has 1 aromatic carbocycles. The number of hydrogen-bond acceptors (Lipinski definition) is 4. The van der Waals surface area contributed by atoms with Crippen LogP contribution in [0.3, 0.4) is 0 Å². The van der Waals surface area contributed by atoms with Crippen molar-refractivity contribution in [3.05, 3.63) is 45.5 Å². The van der Waals surface area contributed by atoms with Gasteiger partial charge in [-0.3, -0.25) is 19.7 Å². The van der Waals surface area contributed by atoms with E-state index in [-0.39, 0.29) is 0 Å². The van der Waals surface area contributed by atoms with E-state index in [1.807, 2.05) is 0 Å². The van der Waals surface area contributed by atoms with Crippen molar-refractivity contribution in [2.24, 2.45) is 5.92 Å². The van der Waals surface area contributed by atoms with Crippen LogP contribution in [0.2, 0.25) is 0 Å². The van der Waals surface area contributed by atoms with Gasteiger partial charge in [-0.1, -0.05) is 18.2 Å². The molecule has 0 aliphatic rings. The van der Waals surface area contributed by atoms with Gasteiger partial charge < -0.3 is 0 Å². The van der Waals surface area contributed by atoms with Crippen LogP contribution in [0.4, 0.5) is 13.2 Å². The highest BCUT2D eigenvalue weighted by Gasteiger charge is 2.41. The largest absolute Gasteiger partial charge is 0.416 e. The van der Waals surface area contributed by atoms with Crippen molar-refractivity contribution in [3.63, 3.8) is 0 Å². The normalized spacial score (nSPS) is 13.0. The van der Waals surface area contributed by atoms with Crippen LogP contribution in [0.15, 0.2) is 24.3 Å². The Morgan fingerprint density at radius 1 is 1.18 bits per heavy atom. The highest BCUT2D eigenvalue weighted by Crippen LogP contribution is 2.38. The van der Waals surface area contributed by atoms with E-state index in [0.717, 1.165) is 32.0 Å². The number of carbonyl (C=O) groups is 2. The quantitative estimate of drug-likeness (QED) is 0.459. The number of ketones is 2. The van der Waals surface area contributed by atoms with Gasteiger partial charge in [-0.2, -0.15) is 13.2 Å². The van der Waals surface area contributed by atoms with E-state index in [1.165, 1.54) is 6.07 Å². The molecule has 0 amide bonds. The lowest BCUT2D eigenvalue weighted by molar-refractivity contribution is -0.484. The first-order valence-electron chi connectivity index (χ1n) is 6.34. The molecule has 0 fully saturated rings. The number of halogens is 3. The molecule has 8 heteroatoms. The Morgan fingerprint density at radius 3 is 2.09 bits per heavy atom. The first-order valence-corrected chi connectivity index (χ1v) is 6.34. The van der Waals surface area contributed by atoms with Gasteiger partial charge in [0.25, 0.3) is 0 Å². The third kappa shape index (κ3) is 4.12. The lowest BCUT2D eigenvalue weighted by Crippen LogP contribution is -2.32. The minimum Gasteiger partial charge on any atom is -0.299 e. The Kier molecular flexibility index (Phi) is 5.40. The van der Waals surface area contributed by atoms with E-state index in [2.05, 4.69) is 0 Å². The number of carbonyl (C=O) groups excluding carboxylic acids is 2. The van der Waals surface area contributed by atoms with Crippen LogP contribution in [-0.4, -0.2) is 23.0 Å². The summed E-state index contributed by atoms with van der Waals surface area (Å²) < 4.78 is 39.2. The van der Waals surface area contributed by atoms with E-state index >= 15 is 0 Å². The summed E-state index contributed by atoms with van der Waals surface area (Å²) in [6.45, 7) is 1.14. The minimum atomic E-state index is -4.73. The molecule has 0 saturated carbocycles. The topological polar surface area (TPSA) is 77.3 Å². The first kappa shape index (κ1) is 17.8. The Hall–Kier alpha value is -2.25. The molecular weight excluding hydrogens is 303 g/mol. The fourth-order valence-electron chi connectivity index (χ4n) is 2.48. The van der Waals surface area contributed by atoms with Crippen LogP contribution >= 0.6 is 0 Å². The van der Waals surface area contributed by atoms with Crippen molar-refractivity contribution in [2.75, 3.05) is 6.54 Å². The fraction of sp³-hybridized carbons (Fsp3) is 0.429. The monoisotopic (exact) mass is 317 g/mol. The van der Waals surface area contributed by atoms with Gasteiger partial charge in [0.1, 0.15) is 11.6 Å². The second-order valence-corrected chi connectivity index (χ2v) is 4.91. The summed E-state index contributed by atoms with van der Waals surface area (Å²) in [6.07, 6.45) is -4.73. The summed E-state index contributed by atoms with van der Waals surface area (Å²) >= 11 is 0. The summed E-state index contributed by atoms with van der Waals surface area (Å²) in [5, 5.41) is 10.8. The van der Waals surface area contributed by atoms with Crippen LogP contribution in [0.1, 0.15) is 30.9 Å². The zero-order chi connectivity index (χ0) is 17.1. The van der Waals surface area contributed by atoms with Gasteiger partial charge in [0.15, 0.2) is 0 Å². The molecule has 1 atom stereocenters. The Bertz CT molecular complexity index is 584. The maximum Gasteiger partial charge on any atom is 0.416 e. The molecule has 0 aliphatic carbocycles. The van der Waals surface area contributed by atoms with Crippen LogP contribution in [0.5, 0.6) is 0 Å². The van der Waals surface area contributed by atoms with Gasteiger partial charge in [-0.25, -0.2) is 0 Å². The molecule has 120 valence electrons. The first-order chi connectivity index (χ1) is 10.1. The van der Waals surface area contributed by atoms with E-state index in [9.17, 15) is 32.9 Å². The van der Waals surface area contributed by atoms with Crippen LogP contribution in [0, 0.1) is 16.0 Å². The Morgan fingerprint density at radius 2 is 1.68 bits per heavy atom. The fourth-order valence-corrected chi connectivity index (χ4v) is 2.48. The van der Waals surface area contributed by atoms with E-state index in [0.29, 0.717) is 0 Å². The molecule has 0 radical (unpaired) electrons. The van der Waals surface area contributed by atoms with E-state index < -0.39 is 52.2 Å². The average Bonchev–Trinajstić information content (AvgIpc) is 2.35. The van der Waals surface area contributed by atoms with Crippen LogP contribution in [0.25, 0.3) is 0 Å². The van der Waals surface area contributed by atoms with Gasteiger partial charge in [0, 0.05) is 4.92 Å². The van der Waals surface area contributed by atoms with Gasteiger partial charge in [-0.05, 0) is 25.5 Å². The maximum atomic E-state index is 13.1. The third-order valence-corrected chi connectivity index (χ3v) is 3.29.